The smallest absolute Gasteiger partial charge is 0.336 e. The number of aliphatic hydroxyl groups is 1. The first-order valence-corrected chi connectivity index (χ1v) is 7.06. The number of carboxylic acid groups (broad SMARTS) is 1. The van der Waals surface area contributed by atoms with Crippen LogP contribution in [-0.2, 0) is 0 Å². The van der Waals surface area contributed by atoms with E-state index in [0.29, 0.717) is 17.8 Å². The Kier molecular flexibility index (Phi) is 4.80. The summed E-state index contributed by atoms with van der Waals surface area (Å²) < 4.78 is 0. The zero-order chi connectivity index (χ0) is 15.4. The predicted molar refractivity (Wildman–Crippen MR) is 78.6 cm³/mol. The number of carbonyl (C=O) groups is 2. The maximum Gasteiger partial charge on any atom is 0.336 e. The molecule has 3 N–H and O–H groups in total. The van der Waals surface area contributed by atoms with Gasteiger partial charge in [-0.15, -0.1) is 0 Å². The molecule has 0 saturated carbocycles. The Hall–Kier alpha value is -2.08. The number of hydrogen-bond donors (Lipinski definition) is 3. The summed E-state index contributed by atoms with van der Waals surface area (Å²) in [4.78, 5) is 25.1. The second-order valence-electron chi connectivity index (χ2n) is 5.24. The van der Waals surface area contributed by atoms with E-state index in [1.165, 1.54) is 6.07 Å². The van der Waals surface area contributed by atoms with Gasteiger partial charge in [0.25, 0.3) is 0 Å². The van der Waals surface area contributed by atoms with E-state index in [0.717, 1.165) is 19.3 Å². The van der Waals surface area contributed by atoms with Crippen molar-refractivity contribution < 1.29 is 19.8 Å². The molecular formula is C15H20N2O4. The third kappa shape index (κ3) is 3.33. The lowest BCUT2D eigenvalue weighted by molar-refractivity contribution is 0.0696. The van der Waals surface area contributed by atoms with Crippen molar-refractivity contribution >= 4 is 17.7 Å². The van der Waals surface area contributed by atoms with Gasteiger partial charge in [-0.05, 0) is 43.9 Å². The minimum atomic E-state index is -1.02. The SMILES string of the molecule is Cc1c(NC(=O)N2CCCCC2CO)cccc1C(=O)O. The van der Waals surface area contributed by atoms with E-state index < -0.39 is 5.97 Å². The predicted octanol–water partition coefficient (Wildman–Crippen LogP) is 2.07. The number of aliphatic hydroxyl groups excluding tert-OH is 1. The molecule has 21 heavy (non-hydrogen) atoms. The van der Waals surface area contributed by atoms with Crippen LogP contribution in [0.4, 0.5) is 10.5 Å². The number of anilines is 1. The van der Waals surface area contributed by atoms with E-state index in [4.69, 9.17) is 5.11 Å². The number of carboxylic acids is 1. The average Bonchev–Trinajstić information content (AvgIpc) is 2.48. The first kappa shape index (κ1) is 15.3. The summed E-state index contributed by atoms with van der Waals surface area (Å²) >= 11 is 0. The summed E-state index contributed by atoms with van der Waals surface area (Å²) in [5, 5.41) is 21.2. The van der Waals surface area contributed by atoms with Crippen LogP contribution in [-0.4, -0.2) is 46.3 Å². The molecule has 1 heterocycles. The molecule has 1 aromatic carbocycles. The molecule has 1 fully saturated rings. The van der Waals surface area contributed by atoms with Crippen molar-refractivity contribution in [3.8, 4) is 0 Å². The number of amides is 2. The van der Waals surface area contributed by atoms with Gasteiger partial charge in [-0.2, -0.15) is 0 Å². The lowest BCUT2D eigenvalue weighted by Gasteiger charge is -2.34. The number of benzene rings is 1. The monoisotopic (exact) mass is 292 g/mol. The fourth-order valence-corrected chi connectivity index (χ4v) is 2.65. The van der Waals surface area contributed by atoms with Gasteiger partial charge in [0.2, 0.25) is 0 Å². The van der Waals surface area contributed by atoms with Crippen molar-refractivity contribution in [2.24, 2.45) is 0 Å². The maximum absolute atomic E-state index is 12.3. The Morgan fingerprint density at radius 3 is 2.81 bits per heavy atom. The molecule has 0 radical (unpaired) electrons. The molecule has 1 aromatic rings. The Morgan fingerprint density at radius 1 is 1.38 bits per heavy atom. The van der Waals surface area contributed by atoms with Crippen molar-refractivity contribution in [2.75, 3.05) is 18.5 Å². The van der Waals surface area contributed by atoms with Crippen LogP contribution in [0.2, 0.25) is 0 Å². The fraction of sp³-hybridized carbons (Fsp3) is 0.467. The van der Waals surface area contributed by atoms with Crippen LogP contribution in [0, 0.1) is 6.92 Å². The molecule has 0 aromatic heterocycles. The Morgan fingerprint density at radius 2 is 2.14 bits per heavy atom. The molecule has 0 aliphatic carbocycles. The number of piperidine rings is 1. The molecule has 6 heteroatoms. The second kappa shape index (κ2) is 6.58. The van der Waals surface area contributed by atoms with E-state index in [1.807, 2.05) is 0 Å². The van der Waals surface area contributed by atoms with Crippen LogP contribution < -0.4 is 5.32 Å². The number of likely N-dealkylation sites (tertiary alicyclic amines) is 1. The van der Waals surface area contributed by atoms with E-state index in [2.05, 4.69) is 5.32 Å². The van der Waals surface area contributed by atoms with Gasteiger partial charge in [0.05, 0.1) is 18.2 Å². The van der Waals surface area contributed by atoms with Gasteiger partial charge in [0.1, 0.15) is 0 Å². The van der Waals surface area contributed by atoms with Gasteiger partial charge >= 0.3 is 12.0 Å². The number of rotatable bonds is 3. The van der Waals surface area contributed by atoms with Crippen LogP contribution in [0.5, 0.6) is 0 Å². The largest absolute Gasteiger partial charge is 0.478 e. The third-order valence-electron chi connectivity index (χ3n) is 3.90. The highest BCUT2D eigenvalue weighted by Gasteiger charge is 2.26. The molecule has 1 unspecified atom stereocenters. The number of nitrogens with one attached hydrogen (secondary N) is 1. The highest BCUT2D eigenvalue weighted by molar-refractivity contribution is 5.95. The zero-order valence-electron chi connectivity index (χ0n) is 12.0. The van der Waals surface area contributed by atoms with Gasteiger partial charge in [-0.1, -0.05) is 6.07 Å². The summed E-state index contributed by atoms with van der Waals surface area (Å²) in [6.45, 7) is 2.22. The Balaban J connectivity index is 2.16. The number of hydrogen-bond acceptors (Lipinski definition) is 3. The summed E-state index contributed by atoms with van der Waals surface area (Å²) in [6.07, 6.45) is 2.71. The van der Waals surface area contributed by atoms with Gasteiger partial charge in [-0.25, -0.2) is 9.59 Å². The summed E-state index contributed by atoms with van der Waals surface area (Å²) in [5.74, 6) is -1.02. The normalized spacial score (nSPS) is 18.4. The van der Waals surface area contributed by atoms with Crippen LogP contribution in [0.1, 0.15) is 35.2 Å². The Bertz CT molecular complexity index is 544. The molecule has 1 atom stereocenters. The van der Waals surface area contributed by atoms with Crippen molar-refractivity contribution in [2.45, 2.75) is 32.2 Å². The molecule has 6 nitrogen and oxygen atoms in total. The number of carbonyl (C=O) groups excluding carboxylic acids is 1. The van der Waals surface area contributed by atoms with E-state index in [-0.39, 0.29) is 24.2 Å². The summed E-state index contributed by atoms with van der Waals surface area (Å²) in [6, 6.07) is 4.33. The molecular weight excluding hydrogens is 272 g/mol. The lowest BCUT2D eigenvalue weighted by Crippen LogP contribution is -2.47. The molecule has 1 aliphatic rings. The minimum Gasteiger partial charge on any atom is -0.478 e. The van der Waals surface area contributed by atoms with E-state index in [1.54, 1.807) is 24.0 Å². The highest BCUT2D eigenvalue weighted by atomic mass is 16.4. The fourth-order valence-electron chi connectivity index (χ4n) is 2.65. The van der Waals surface area contributed by atoms with Crippen molar-refractivity contribution in [1.29, 1.82) is 0 Å². The van der Waals surface area contributed by atoms with Gasteiger partial charge in [0.15, 0.2) is 0 Å². The van der Waals surface area contributed by atoms with E-state index >= 15 is 0 Å². The first-order valence-electron chi connectivity index (χ1n) is 7.06. The summed E-state index contributed by atoms with van der Waals surface area (Å²) in [5.41, 5.74) is 1.18. The standard InChI is InChI=1S/C15H20N2O4/c1-10-12(14(19)20)6-4-7-13(10)16-15(21)17-8-3-2-5-11(17)9-18/h4,6-7,11,18H,2-3,5,8-9H2,1H3,(H,16,21)(H,19,20). The number of urea groups is 1. The third-order valence-corrected chi connectivity index (χ3v) is 3.90. The quantitative estimate of drug-likeness (QED) is 0.795. The topological polar surface area (TPSA) is 89.9 Å². The molecule has 1 aliphatic heterocycles. The van der Waals surface area contributed by atoms with Crippen LogP contribution in [0.25, 0.3) is 0 Å². The highest BCUT2D eigenvalue weighted by Crippen LogP contribution is 2.22. The molecule has 114 valence electrons. The Labute approximate surface area is 123 Å². The zero-order valence-corrected chi connectivity index (χ0v) is 12.0. The number of aromatic carboxylic acids is 1. The first-order chi connectivity index (χ1) is 10.0. The molecule has 1 saturated heterocycles. The van der Waals surface area contributed by atoms with E-state index in [9.17, 15) is 14.7 Å². The van der Waals surface area contributed by atoms with Gasteiger partial charge in [0, 0.05) is 12.2 Å². The van der Waals surface area contributed by atoms with Gasteiger partial charge in [-0.3, -0.25) is 0 Å². The van der Waals surface area contributed by atoms with Crippen LogP contribution >= 0.6 is 0 Å². The number of nitrogens with zero attached hydrogens (tertiary/aromatic N) is 1. The molecule has 2 rings (SSSR count). The van der Waals surface area contributed by atoms with Gasteiger partial charge < -0.3 is 20.4 Å². The second-order valence-corrected chi connectivity index (χ2v) is 5.24. The van der Waals surface area contributed by atoms with Crippen molar-refractivity contribution in [3.05, 3.63) is 29.3 Å². The maximum atomic E-state index is 12.3. The molecule has 2 amide bonds. The van der Waals surface area contributed by atoms with Crippen molar-refractivity contribution in [3.63, 3.8) is 0 Å². The van der Waals surface area contributed by atoms with Crippen LogP contribution in [0.15, 0.2) is 18.2 Å². The lowest BCUT2D eigenvalue weighted by atomic mass is 10.0. The van der Waals surface area contributed by atoms with Crippen molar-refractivity contribution in [1.82, 2.24) is 4.90 Å². The van der Waals surface area contributed by atoms with Crippen LogP contribution in [0.3, 0.4) is 0 Å². The molecule has 0 spiro atoms. The molecule has 0 bridgehead atoms. The minimum absolute atomic E-state index is 0.0540. The average molecular weight is 292 g/mol. The summed E-state index contributed by atoms with van der Waals surface area (Å²) in [7, 11) is 0.